The summed E-state index contributed by atoms with van der Waals surface area (Å²) in [6.07, 6.45) is 0. The van der Waals surface area contributed by atoms with Gasteiger partial charge in [0.15, 0.2) is 0 Å². The molecule has 0 rings (SSSR count). The fourth-order valence-electron chi connectivity index (χ4n) is 0. The Hall–Kier alpha value is -0.130. The third-order valence-corrected chi connectivity index (χ3v) is 1.38. The molecule has 0 unspecified atom stereocenters. The average Bonchev–Trinajstić information content (AvgIpc) is 1.31. The van der Waals surface area contributed by atoms with Gasteiger partial charge in [0.1, 0.15) is 0 Å². The fourth-order valence-corrected chi connectivity index (χ4v) is 0. The molecule has 4 nitrogen and oxygen atoms in total. The molecule has 0 amide bonds. The van der Waals surface area contributed by atoms with Crippen molar-refractivity contribution in [2.45, 2.75) is 0 Å². The molecule has 7 heavy (non-hydrogen) atoms. The van der Waals surface area contributed by atoms with Crippen molar-refractivity contribution in [2.75, 3.05) is 14.1 Å². The second kappa shape index (κ2) is 1.77. The van der Waals surface area contributed by atoms with Crippen LogP contribution in [0, 0.1) is 0 Å². The van der Waals surface area contributed by atoms with E-state index < -0.39 is 10.3 Å². The first kappa shape index (κ1) is 6.87. The van der Waals surface area contributed by atoms with E-state index >= 15 is 0 Å². The lowest BCUT2D eigenvalue weighted by molar-refractivity contribution is 0.416. The largest absolute Gasteiger partial charge is 0.335 e. The summed E-state index contributed by atoms with van der Waals surface area (Å²) in [7, 11) is -1.42. The average molecular weight is 125 g/mol. The Morgan fingerprint density at radius 1 is 1.43 bits per heavy atom. The van der Waals surface area contributed by atoms with Gasteiger partial charge in [0.05, 0.1) is 0 Å². The van der Waals surface area contributed by atoms with Crippen LogP contribution >= 0.6 is 0 Å². The van der Waals surface area contributed by atoms with E-state index in [9.17, 15) is 8.42 Å². The number of hydrogen-bond acceptors (Lipinski definition) is 2. The molecule has 1 N–H and O–H groups in total. The highest BCUT2D eigenvalue weighted by molar-refractivity contribution is 7.83. The Labute approximate surface area is 42.6 Å². The fraction of sp³-hybridized carbons (Fsp3) is 1.00. The van der Waals surface area contributed by atoms with Crippen LogP contribution in [-0.2, 0) is 10.3 Å². The predicted octanol–water partition coefficient (Wildman–Crippen LogP) is -0.649. The lowest BCUT2D eigenvalue weighted by Crippen LogP contribution is -2.20. The highest BCUT2D eigenvalue weighted by Gasteiger charge is 2.03. The highest BCUT2D eigenvalue weighted by atomic mass is 32.2. The molecule has 0 saturated heterocycles. The van der Waals surface area contributed by atoms with Gasteiger partial charge in [0.25, 0.3) is 0 Å². The van der Waals surface area contributed by atoms with Crippen LogP contribution in [0.5, 0.6) is 0 Å². The zero-order valence-electron chi connectivity index (χ0n) is 4.12. The minimum atomic E-state index is -3.91. The minimum absolute atomic E-state index is 0.715. The lowest BCUT2D eigenvalue weighted by Gasteiger charge is -2.00. The maximum atomic E-state index is 9.81. The molecule has 0 radical (unpaired) electrons. The normalized spacial score (nSPS) is 12.6. The molecule has 0 aromatic rings. The first-order valence-corrected chi connectivity index (χ1v) is 2.99. The Balaban J connectivity index is 4.10. The maximum Gasteiger partial charge on any atom is 0.335 e. The highest BCUT2D eigenvalue weighted by Crippen LogP contribution is 1.82. The van der Waals surface area contributed by atoms with Crippen LogP contribution in [-0.4, -0.2) is 31.4 Å². The zero-order valence-corrected chi connectivity index (χ0v) is 4.94. The predicted molar refractivity (Wildman–Crippen MR) is 25.2 cm³/mol. The van der Waals surface area contributed by atoms with Crippen molar-refractivity contribution in [2.24, 2.45) is 0 Å². The smallest absolute Gasteiger partial charge is 0.273 e. The molecular formula is C2H7NO3S. The van der Waals surface area contributed by atoms with Crippen molar-refractivity contribution >= 4 is 10.3 Å². The van der Waals surface area contributed by atoms with E-state index in [0.717, 1.165) is 0 Å². The van der Waals surface area contributed by atoms with Gasteiger partial charge in [0, 0.05) is 14.1 Å². The minimum Gasteiger partial charge on any atom is -0.273 e. The van der Waals surface area contributed by atoms with Crippen LogP contribution in [0.2, 0.25) is 0 Å². The van der Waals surface area contributed by atoms with Gasteiger partial charge < -0.3 is 0 Å². The van der Waals surface area contributed by atoms with Crippen molar-refractivity contribution in [1.82, 2.24) is 4.31 Å². The molecule has 0 aliphatic heterocycles. The van der Waals surface area contributed by atoms with Crippen molar-refractivity contribution in [3.8, 4) is 0 Å². The Bertz CT molecular complexity index is 135. The maximum absolute atomic E-state index is 9.81. The van der Waals surface area contributed by atoms with Crippen molar-refractivity contribution in [1.29, 1.82) is 0 Å². The van der Waals surface area contributed by atoms with Crippen LogP contribution in [0.3, 0.4) is 0 Å². The summed E-state index contributed by atoms with van der Waals surface area (Å²) in [4.78, 5) is 0. The van der Waals surface area contributed by atoms with Crippen LogP contribution < -0.4 is 0 Å². The van der Waals surface area contributed by atoms with Gasteiger partial charge in [-0.25, -0.2) is 0 Å². The van der Waals surface area contributed by atoms with Gasteiger partial charge >= 0.3 is 10.3 Å². The summed E-state index contributed by atoms with van der Waals surface area (Å²) in [6, 6.07) is 0. The van der Waals surface area contributed by atoms with Gasteiger partial charge in [-0.05, 0) is 0 Å². The quantitative estimate of drug-likeness (QED) is 0.474. The molecule has 0 atom stereocenters. The van der Waals surface area contributed by atoms with E-state index in [1.54, 1.807) is 0 Å². The van der Waals surface area contributed by atoms with Crippen molar-refractivity contribution < 1.29 is 13.0 Å². The third-order valence-electron chi connectivity index (χ3n) is 0.461. The molecule has 0 aliphatic carbocycles. The monoisotopic (exact) mass is 125 g/mol. The summed E-state index contributed by atoms with van der Waals surface area (Å²) in [5.41, 5.74) is 0. The summed E-state index contributed by atoms with van der Waals surface area (Å²) in [6.45, 7) is 0. The van der Waals surface area contributed by atoms with Crippen LogP contribution in [0.1, 0.15) is 0 Å². The topological polar surface area (TPSA) is 57.6 Å². The van der Waals surface area contributed by atoms with E-state index in [0.29, 0.717) is 4.31 Å². The molecule has 0 aliphatic rings. The van der Waals surface area contributed by atoms with E-state index in [-0.39, 0.29) is 0 Å². The van der Waals surface area contributed by atoms with Crippen LogP contribution in [0.15, 0.2) is 0 Å². The van der Waals surface area contributed by atoms with Gasteiger partial charge in [-0.2, -0.15) is 12.7 Å². The molecule has 0 spiro atoms. The second-order valence-corrected chi connectivity index (χ2v) is 2.89. The van der Waals surface area contributed by atoms with Crippen molar-refractivity contribution in [3.63, 3.8) is 0 Å². The molecule has 0 heterocycles. The molecule has 0 aromatic carbocycles. The third kappa shape index (κ3) is 2.55. The van der Waals surface area contributed by atoms with E-state index in [2.05, 4.69) is 0 Å². The van der Waals surface area contributed by atoms with E-state index in [1.165, 1.54) is 14.1 Å². The van der Waals surface area contributed by atoms with E-state index in [4.69, 9.17) is 4.55 Å². The SMILES string of the molecule is CN(C)S(=O)(=O)O. The molecule has 0 aromatic heterocycles. The standard InChI is InChI=1S/C2H7NO3S/c1-3(2)7(4,5)6/h1-2H3,(H,4,5,6). The zero-order chi connectivity index (χ0) is 6.08. The van der Waals surface area contributed by atoms with Gasteiger partial charge in [-0.3, -0.25) is 4.55 Å². The molecule has 0 saturated carbocycles. The molecular weight excluding hydrogens is 118 g/mol. The first-order chi connectivity index (χ1) is 2.94. The lowest BCUT2D eigenvalue weighted by atomic mass is 11.3. The molecule has 5 heteroatoms. The molecule has 0 bridgehead atoms. The number of nitrogens with zero attached hydrogens (tertiary/aromatic N) is 1. The van der Waals surface area contributed by atoms with Gasteiger partial charge in [-0.1, -0.05) is 0 Å². The Morgan fingerprint density at radius 3 is 1.57 bits per heavy atom. The molecule has 44 valence electrons. The summed E-state index contributed by atoms with van der Waals surface area (Å²) >= 11 is 0. The first-order valence-electron chi connectivity index (χ1n) is 1.59. The Morgan fingerprint density at radius 2 is 1.57 bits per heavy atom. The van der Waals surface area contributed by atoms with Crippen LogP contribution in [0.25, 0.3) is 0 Å². The summed E-state index contributed by atoms with van der Waals surface area (Å²) < 4.78 is 28.3. The van der Waals surface area contributed by atoms with Gasteiger partial charge in [-0.15, -0.1) is 0 Å². The summed E-state index contributed by atoms with van der Waals surface area (Å²) in [5, 5.41) is 0. The van der Waals surface area contributed by atoms with E-state index in [1.807, 2.05) is 0 Å². The summed E-state index contributed by atoms with van der Waals surface area (Å²) in [5.74, 6) is 0. The van der Waals surface area contributed by atoms with Crippen molar-refractivity contribution in [3.05, 3.63) is 0 Å². The van der Waals surface area contributed by atoms with Gasteiger partial charge in [0.2, 0.25) is 0 Å². The van der Waals surface area contributed by atoms with Crippen LogP contribution in [0.4, 0.5) is 0 Å². The number of rotatable bonds is 1. The molecule has 0 fully saturated rings. The second-order valence-electron chi connectivity index (χ2n) is 1.26. The Kier molecular flexibility index (Phi) is 1.74. The number of hydrogen-bond donors (Lipinski definition) is 1.